The molecule has 8 nitrogen and oxygen atoms in total. The fraction of sp³-hybridized carbons (Fsp3) is 0.154. The predicted octanol–water partition coefficient (Wildman–Crippen LogP) is 4.67. The van der Waals surface area contributed by atoms with Crippen LogP contribution in [0.5, 0.6) is 11.5 Å². The van der Waals surface area contributed by atoms with Gasteiger partial charge in [-0.3, -0.25) is 19.3 Å². The molecule has 0 aliphatic carbocycles. The van der Waals surface area contributed by atoms with Crippen molar-refractivity contribution in [3.05, 3.63) is 76.7 Å². The summed E-state index contributed by atoms with van der Waals surface area (Å²) >= 11 is 0.726. The zero-order valence-corrected chi connectivity index (χ0v) is 19.8. The van der Waals surface area contributed by atoms with Crippen LogP contribution in [0.1, 0.15) is 22.8 Å². The van der Waals surface area contributed by atoms with Gasteiger partial charge in [0.1, 0.15) is 6.54 Å². The molecule has 0 saturated carbocycles. The van der Waals surface area contributed by atoms with Gasteiger partial charge >= 0.3 is 11.9 Å². The molecule has 1 saturated heterocycles. The highest BCUT2D eigenvalue weighted by molar-refractivity contribution is 8.18. The summed E-state index contributed by atoms with van der Waals surface area (Å²) in [7, 11) is 1.18. The summed E-state index contributed by atoms with van der Waals surface area (Å²) in [6.45, 7) is 1.66. The zero-order valence-electron chi connectivity index (χ0n) is 19.0. The first-order valence-corrected chi connectivity index (χ1v) is 11.5. The van der Waals surface area contributed by atoms with Crippen LogP contribution < -0.4 is 9.47 Å². The Morgan fingerprint density at radius 1 is 1.00 bits per heavy atom. The van der Waals surface area contributed by atoms with Crippen LogP contribution >= 0.6 is 11.8 Å². The fourth-order valence-electron chi connectivity index (χ4n) is 3.51. The summed E-state index contributed by atoms with van der Waals surface area (Å²) in [6.07, 6.45) is 1.51. The van der Waals surface area contributed by atoms with E-state index in [0.29, 0.717) is 23.5 Å². The lowest BCUT2D eigenvalue weighted by atomic mass is 10.0. The van der Waals surface area contributed by atoms with Crippen molar-refractivity contribution in [2.24, 2.45) is 0 Å². The number of thioether (sulfide) groups is 1. The van der Waals surface area contributed by atoms with Crippen LogP contribution in [0.15, 0.2) is 65.6 Å². The number of benzene rings is 3. The minimum atomic E-state index is -0.690. The Morgan fingerprint density at radius 3 is 2.54 bits per heavy atom. The van der Waals surface area contributed by atoms with E-state index in [2.05, 4.69) is 4.74 Å². The third-order valence-electron chi connectivity index (χ3n) is 5.17. The molecule has 178 valence electrons. The number of carbonyl (C=O) groups is 4. The highest BCUT2D eigenvalue weighted by atomic mass is 32.2. The van der Waals surface area contributed by atoms with Crippen LogP contribution in [-0.2, 0) is 14.3 Å². The summed E-state index contributed by atoms with van der Waals surface area (Å²) < 4.78 is 15.9. The Hall–Kier alpha value is -4.11. The van der Waals surface area contributed by atoms with Crippen molar-refractivity contribution < 1.29 is 33.4 Å². The van der Waals surface area contributed by atoms with Gasteiger partial charge in [-0.25, -0.2) is 4.79 Å². The van der Waals surface area contributed by atoms with Crippen LogP contribution in [0, 0.1) is 0 Å². The Labute approximate surface area is 205 Å². The molecule has 1 aliphatic heterocycles. The Balaban J connectivity index is 1.59. The van der Waals surface area contributed by atoms with E-state index in [-0.39, 0.29) is 10.7 Å². The smallest absolute Gasteiger partial charge is 0.344 e. The van der Waals surface area contributed by atoms with Gasteiger partial charge in [0, 0.05) is 0 Å². The third kappa shape index (κ3) is 5.20. The average Bonchev–Trinajstić information content (AvgIpc) is 3.12. The molecule has 3 aromatic carbocycles. The quantitative estimate of drug-likeness (QED) is 0.267. The van der Waals surface area contributed by atoms with E-state index in [1.165, 1.54) is 13.2 Å². The van der Waals surface area contributed by atoms with Gasteiger partial charge in [-0.05, 0) is 59.3 Å². The SMILES string of the molecule is CCOc1cc(/C=C2\SC(=O)N(CC(=O)OC)C2=O)ccc1OC(=O)c1cccc2ccccc12. The normalized spacial score (nSPS) is 14.5. The first-order chi connectivity index (χ1) is 16.9. The summed E-state index contributed by atoms with van der Waals surface area (Å²) in [5.74, 6) is -1.27. The van der Waals surface area contributed by atoms with Gasteiger partial charge in [-0.2, -0.15) is 0 Å². The number of esters is 2. The molecule has 0 N–H and O–H groups in total. The molecule has 0 bridgehead atoms. The van der Waals surface area contributed by atoms with Crippen LogP contribution in [-0.4, -0.2) is 48.2 Å². The number of hydrogen-bond acceptors (Lipinski definition) is 8. The number of methoxy groups -OCH3 is 1. The summed E-state index contributed by atoms with van der Waals surface area (Å²) in [5, 5.41) is 1.14. The molecular weight excluding hydrogens is 470 g/mol. The lowest BCUT2D eigenvalue weighted by Crippen LogP contribution is -2.34. The first kappa shape index (κ1) is 24.0. The molecule has 3 aromatic rings. The summed E-state index contributed by atoms with van der Waals surface area (Å²) in [6, 6.07) is 17.7. The van der Waals surface area contributed by atoms with Gasteiger partial charge in [-0.1, -0.05) is 42.5 Å². The first-order valence-electron chi connectivity index (χ1n) is 10.7. The minimum Gasteiger partial charge on any atom is -0.490 e. The lowest BCUT2D eigenvalue weighted by molar-refractivity contribution is -0.143. The molecule has 1 aliphatic rings. The second-order valence-electron chi connectivity index (χ2n) is 7.40. The minimum absolute atomic E-state index is 0.154. The second-order valence-corrected chi connectivity index (χ2v) is 8.39. The highest BCUT2D eigenvalue weighted by Gasteiger charge is 2.36. The van der Waals surface area contributed by atoms with E-state index in [9.17, 15) is 19.2 Å². The van der Waals surface area contributed by atoms with Gasteiger partial charge in [0.15, 0.2) is 11.5 Å². The second kappa shape index (κ2) is 10.4. The van der Waals surface area contributed by atoms with Crippen molar-refractivity contribution in [2.75, 3.05) is 20.3 Å². The molecule has 1 heterocycles. The largest absolute Gasteiger partial charge is 0.490 e. The topological polar surface area (TPSA) is 99.2 Å². The molecule has 0 radical (unpaired) electrons. The average molecular weight is 492 g/mol. The molecule has 35 heavy (non-hydrogen) atoms. The van der Waals surface area contributed by atoms with E-state index < -0.39 is 29.6 Å². The van der Waals surface area contributed by atoms with Crippen LogP contribution in [0.4, 0.5) is 4.79 Å². The van der Waals surface area contributed by atoms with Gasteiger partial charge < -0.3 is 14.2 Å². The predicted molar refractivity (Wildman–Crippen MR) is 131 cm³/mol. The van der Waals surface area contributed by atoms with Crippen molar-refractivity contribution in [1.82, 2.24) is 4.90 Å². The molecular formula is C26H21NO7S. The van der Waals surface area contributed by atoms with Crippen molar-refractivity contribution in [3.63, 3.8) is 0 Å². The van der Waals surface area contributed by atoms with Crippen molar-refractivity contribution >= 4 is 51.7 Å². The third-order valence-corrected chi connectivity index (χ3v) is 6.07. The van der Waals surface area contributed by atoms with Crippen LogP contribution in [0.2, 0.25) is 0 Å². The number of hydrogen-bond donors (Lipinski definition) is 0. The van der Waals surface area contributed by atoms with E-state index >= 15 is 0 Å². The molecule has 0 unspecified atom stereocenters. The molecule has 0 spiro atoms. The van der Waals surface area contributed by atoms with Crippen LogP contribution in [0.25, 0.3) is 16.8 Å². The molecule has 0 atom stereocenters. The monoisotopic (exact) mass is 491 g/mol. The van der Waals surface area contributed by atoms with Gasteiger partial charge in [0.25, 0.3) is 11.1 Å². The van der Waals surface area contributed by atoms with Gasteiger partial charge in [-0.15, -0.1) is 0 Å². The number of ether oxygens (including phenoxy) is 3. The molecule has 2 amide bonds. The molecule has 0 aromatic heterocycles. The molecule has 1 fully saturated rings. The standard InChI is InChI=1S/C26H21NO7S/c1-3-33-21-13-16(14-22-24(29)27(26(31)35-22)15-23(28)32-2)11-12-20(21)34-25(30)19-10-6-8-17-7-4-5-9-18(17)19/h4-14H,3,15H2,1-2H3/b22-14-. The van der Waals surface area contributed by atoms with E-state index in [4.69, 9.17) is 9.47 Å². The maximum Gasteiger partial charge on any atom is 0.344 e. The number of carbonyl (C=O) groups excluding carboxylic acids is 4. The fourth-order valence-corrected chi connectivity index (χ4v) is 4.34. The number of imide groups is 1. The highest BCUT2D eigenvalue weighted by Crippen LogP contribution is 2.35. The lowest BCUT2D eigenvalue weighted by Gasteiger charge is -2.12. The maximum absolute atomic E-state index is 13.0. The van der Waals surface area contributed by atoms with E-state index in [1.807, 2.05) is 30.3 Å². The van der Waals surface area contributed by atoms with Gasteiger partial charge in [0.05, 0.1) is 24.2 Å². The number of amides is 2. The van der Waals surface area contributed by atoms with Crippen molar-refractivity contribution in [1.29, 1.82) is 0 Å². The number of fused-ring (bicyclic) bond motifs is 1. The number of rotatable bonds is 7. The molecule has 9 heteroatoms. The maximum atomic E-state index is 13.0. The van der Waals surface area contributed by atoms with Gasteiger partial charge in [0.2, 0.25) is 0 Å². The number of nitrogens with zero attached hydrogens (tertiary/aromatic N) is 1. The summed E-state index contributed by atoms with van der Waals surface area (Å²) in [5.41, 5.74) is 0.982. The Bertz CT molecular complexity index is 1360. The Kier molecular flexibility index (Phi) is 7.17. The Morgan fingerprint density at radius 2 is 1.77 bits per heavy atom. The van der Waals surface area contributed by atoms with Crippen molar-refractivity contribution in [3.8, 4) is 11.5 Å². The van der Waals surface area contributed by atoms with E-state index in [0.717, 1.165) is 27.4 Å². The van der Waals surface area contributed by atoms with E-state index in [1.54, 1.807) is 37.3 Å². The molecule has 4 rings (SSSR count). The summed E-state index contributed by atoms with van der Waals surface area (Å²) in [4.78, 5) is 50.1. The van der Waals surface area contributed by atoms with Crippen molar-refractivity contribution in [2.45, 2.75) is 6.92 Å². The zero-order chi connectivity index (χ0) is 24.9. The van der Waals surface area contributed by atoms with Crippen LogP contribution in [0.3, 0.4) is 0 Å².